The first-order chi connectivity index (χ1) is 16.8. The number of amides is 1. The van der Waals surface area contributed by atoms with Gasteiger partial charge in [-0.15, -0.1) is 5.10 Å². The highest BCUT2D eigenvalue weighted by Gasteiger charge is 2.27. The van der Waals surface area contributed by atoms with Crippen LogP contribution in [0.1, 0.15) is 42.6 Å². The number of rotatable bonds is 6. The molecule has 0 aliphatic carbocycles. The maximum atomic E-state index is 13.7. The van der Waals surface area contributed by atoms with Gasteiger partial charge in [0.2, 0.25) is 10.0 Å². The van der Waals surface area contributed by atoms with E-state index in [2.05, 4.69) is 20.8 Å². The van der Waals surface area contributed by atoms with Gasteiger partial charge in [0.05, 0.1) is 4.90 Å². The van der Waals surface area contributed by atoms with Crippen LogP contribution in [0, 0.1) is 19.7 Å². The van der Waals surface area contributed by atoms with Crippen LogP contribution in [0.5, 0.6) is 0 Å². The topological polar surface area (TPSA) is 110 Å². The molecule has 0 radical (unpaired) electrons. The van der Waals surface area contributed by atoms with E-state index in [0.717, 1.165) is 25.7 Å². The molecule has 2 aromatic carbocycles. The third-order valence-corrected chi connectivity index (χ3v) is 7.91. The maximum absolute atomic E-state index is 13.7. The predicted octanol–water partition coefficient (Wildman–Crippen LogP) is 3.63. The number of carbonyl (C=O) groups excluding carboxylic acids is 1. The quantitative estimate of drug-likeness (QED) is 0.520. The van der Waals surface area contributed by atoms with E-state index in [1.54, 1.807) is 32.0 Å². The molecule has 0 unspecified atom stereocenters. The average Bonchev–Trinajstić information content (AvgIpc) is 3.06. The number of aryl methyl sites for hydroxylation is 2. The smallest absolute Gasteiger partial charge is 0.274 e. The minimum atomic E-state index is -3.71. The van der Waals surface area contributed by atoms with Crippen molar-refractivity contribution in [1.82, 2.24) is 24.5 Å². The van der Waals surface area contributed by atoms with Crippen molar-refractivity contribution in [3.63, 3.8) is 0 Å². The molecule has 1 N–H and O–H groups in total. The lowest BCUT2D eigenvalue weighted by atomic mass is 10.1. The van der Waals surface area contributed by atoms with E-state index in [1.165, 1.54) is 39.3 Å². The molecule has 9 nitrogen and oxygen atoms in total. The molecule has 184 valence electrons. The molecule has 1 amide bonds. The Kier molecular flexibility index (Phi) is 7.37. The number of nitrogens with zero attached hydrogens (tertiary/aromatic N) is 5. The second kappa shape index (κ2) is 10.4. The van der Waals surface area contributed by atoms with E-state index >= 15 is 0 Å². The summed E-state index contributed by atoms with van der Waals surface area (Å²) < 4.78 is 43.2. The lowest BCUT2D eigenvalue weighted by Crippen LogP contribution is -2.32. The molecule has 35 heavy (non-hydrogen) atoms. The van der Waals surface area contributed by atoms with Crippen molar-refractivity contribution < 1.29 is 17.6 Å². The number of aromatic nitrogens is 4. The van der Waals surface area contributed by atoms with Crippen molar-refractivity contribution in [3.05, 3.63) is 65.2 Å². The average molecular weight is 499 g/mol. The number of anilines is 1. The fraction of sp³-hybridized carbons (Fsp3) is 0.333. The summed E-state index contributed by atoms with van der Waals surface area (Å²) in [7, 11) is -3.71. The van der Waals surface area contributed by atoms with Gasteiger partial charge in [0.15, 0.2) is 5.82 Å². The molecule has 1 saturated heterocycles. The van der Waals surface area contributed by atoms with Crippen molar-refractivity contribution >= 4 is 33.4 Å². The van der Waals surface area contributed by atoms with Gasteiger partial charge < -0.3 is 5.32 Å². The summed E-state index contributed by atoms with van der Waals surface area (Å²) in [5.74, 6) is -0.670. The number of tetrazole rings is 1. The first-order valence-electron chi connectivity index (χ1n) is 11.4. The third-order valence-electron chi connectivity index (χ3n) is 5.87. The van der Waals surface area contributed by atoms with E-state index in [0.29, 0.717) is 35.7 Å². The molecular formula is C24H27FN6O3S. The van der Waals surface area contributed by atoms with Crippen LogP contribution in [0.25, 0.3) is 11.8 Å². The van der Waals surface area contributed by atoms with Crippen LogP contribution in [0.2, 0.25) is 0 Å². The molecule has 1 aliphatic rings. The normalized spacial score (nSPS) is 15.6. The lowest BCUT2D eigenvalue weighted by Gasteiger charge is -2.21. The monoisotopic (exact) mass is 498 g/mol. The second-order valence-electron chi connectivity index (χ2n) is 8.48. The first kappa shape index (κ1) is 24.7. The van der Waals surface area contributed by atoms with Crippen LogP contribution in [0.15, 0.2) is 47.4 Å². The van der Waals surface area contributed by atoms with Gasteiger partial charge in [0.1, 0.15) is 11.5 Å². The molecule has 0 spiro atoms. The predicted molar refractivity (Wildman–Crippen MR) is 130 cm³/mol. The fourth-order valence-electron chi connectivity index (χ4n) is 4.00. The van der Waals surface area contributed by atoms with Crippen LogP contribution >= 0.6 is 0 Å². The molecule has 2 heterocycles. The zero-order chi connectivity index (χ0) is 25.0. The van der Waals surface area contributed by atoms with Crippen molar-refractivity contribution in [2.45, 2.75) is 44.4 Å². The van der Waals surface area contributed by atoms with Gasteiger partial charge in [-0.2, -0.15) is 8.99 Å². The zero-order valence-electron chi connectivity index (χ0n) is 19.6. The minimum Gasteiger partial charge on any atom is -0.321 e. The Hall–Kier alpha value is -3.44. The van der Waals surface area contributed by atoms with E-state index < -0.39 is 21.7 Å². The third kappa shape index (κ3) is 5.63. The Balaban J connectivity index is 1.67. The summed E-state index contributed by atoms with van der Waals surface area (Å²) in [6, 6.07) is 10.5. The van der Waals surface area contributed by atoms with Crippen LogP contribution < -0.4 is 5.32 Å². The van der Waals surface area contributed by atoms with Crippen molar-refractivity contribution in [1.29, 1.82) is 0 Å². The van der Waals surface area contributed by atoms with E-state index in [4.69, 9.17) is 0 Å². The summed E-state index contributed by atoms with van der Waals surface area (Å²) in [6.07, 6.45) is 5.14. The van der Waals surface area contributed by atoms with Gasteiger partial charge in [-0.25, -0.2) is 12.8 Å². The Morgan fingerprint density at radius 3 is 2.46 bits per heavy atom. The molecule has 0 atom stereocenters. The largest absolute Gasteiger partial charge is 0.321 e. The highest BCUT2D eigenvalue weighted by Crippen LogP contribution is 2.26. The summed E-state index contributed by atoms with van der Waals surface area (Å²) in [4.78, 5) is 13.5. The van der Waals surface area contributed by atoms with Crippen molar-refractivity contribution in [3.8, 4) is 0 Å². The van der Waals surface area contributed by atoms with Crippen LogP contribution in [0.3, 0.4) is 0 Å². The lowest BCUT2D eigenvalue weighted by molar-refractivity contribution is -0.111. The molecular weight excluding hydrogens is 471 g/mol. The van der Waals surface area contributed by atoms with Crippen LogP contribution in [0.4, 0.5) is 10.1 Å². The number of carbonyl (C=O) groups is 1. The van der Waals surface area contributed by atoms with Gasteiger partial charge >= 0.3 is 0 Å². The Morgan fingerprint density at radius 1 is 1.06 bits per heavy atom. The molecule has 1 fully saturated rings. The number of halogens is 1. The zero-order valence-corrected chi connectivity index (χ0v) is 20.4. The van der Waals surface area contributed by atoms with E-state index in [-0.39, 0.29) is 10.6 Å². The van der Waals surface area contributed by atoms with Crippen molar-refractivity contribution in [2.24, 2.45) is 0 Å². The summed E-state index contributed by atoms with van der Waals surface area (Å²) in [5.41, 5.74) is 1.40. The number of benzene rings is 2. The molecule has 1 aromatic heterocycles. The Bertz CT molecular complexity index is 1360. The highest BCUT2D eigenvalue weighted by molar-refractivity contribution is 7.89. The van der Waals surface area contributed by atoms with E-state index in [9.17, 15) is 17.6 Å². The van der Waals surface area contributed by atoms with Crippen molar-refractivity contribution in [2.75, 3.05) is 18.4 Å². The number of sulfonamides is 1. The van der Waals surface area contributed by atoms with Gasteiger partial charge in [-0.3, -0.25) is 4.79 Å². The summed E-state index contributed by atoms with van der Waals surface area (Å²) in [6.45, 7) is 4.33. The molecule has 4 rings (SSSR count). The summed E-state index contributed by atoms with van der Waals surface area (Å²) in [5, 5.41) is 14.0. The van der Waals surface area contributed by atoms with Gasteiger partial charge in [0.25, 0.3) is 5.91 Å². The Morgan fingerprint density at radius 2 is 1.80 bits per heavy atom. The number of hydrogen-bond donors (Lipinski definition) is 1. The van der Waals surface area contributed by atoms with Crippen LogP contribution in [-0.2, 0) is 14.8 Å². The SMILES string of the molecule is Cc1ccc(NC(=O)/C(=C/c2cccc(F)c2)n2nnnc2C)cc1S(=O)(=O)N1CCCCCC1. The van der Waals surface area contributed by atoms with E-state index in [1.807, 2.05) is 0 Å². The highest BCUT2D eigenvalue weighted by atomic mass is 32.2. The molecule has 0 bridgehead atoms. The van der Waals surface area contributed by atoms with Crippen LogP contribution in [-0.4, -0.2) is 51.9 Å². The summed E-state index contributed by atoms with van der Waals surface area (Å²) >= 11 is 0. The van der Waals surface area contributed by atoms with Gasteiger partial charge in [-0.05, 0) is 78.6 Å². The first-order valence-corrected chi connectivity index (χ1v) is 12.8. The fourth-order valence-corrected chi connectivity index (χ4v) is 5.77. The molecule has 1 aliphatic heterocycles. The standard InChI is InChI=1S/C24H27FN6O3S/c1-17-10-11-21(16-23(17)35(33,34)30-12-5-3-4-6-13-30)26-24(32)22(31-18(2)27-28-29-31)15-19-8-7-9-20(25)14-19/h7-11,14-16H,3-6,12-13H2,1-2H3,(H,26,32)/b22-15-. The van der Waals surface area contributed by atoms with Gasteiger partial charge in [0, 0.05) is 18.8 Å². The number of hydrogen-bond acceptors (Lipinski definition) is 6. The Labute approximate surface area is 203 Å². The van der Waals surface area contributed by atoms with Gasteiger partial charge in [-0.1, -0.05) is 31.0 Å². The second-order valence-corrected chi connectivity index (χ2v) is 10.4. The number of nitrogens with one attached hydrogen (secondary N) is 1. The maximum Gasteiger partial charge on any atom is 0.274 e. The molecule has 0 saturated carbocycles. The molecule has 3 aromatic rings. The molecule has 11 heteroatoms. The minimum absolute atomic E-state index is 0.0515.